The van der Waals surface area contributed by atoms with E-state index >= 15 is 0 Å². The highest BCUT2D eigenvalue weighted by Gasteiger charge is 2.21. The molecule has 0 aliphatic rings. The van der Waals surface area contributed by atoms with Crippen LogP contribution in [0.25, 0.3) is 0 Å². The molecule has 0 unspecified atom stereocenters. The van der Waals surface area contributed by atoms with Gasteiger partial charge in [0.15, 0.2) is 0 Å². The number of rotatable bonds is 9. The molecule has 0 radical (unpaired) electrons. The molecule has 0 fully saturated rings. The molecule has 2 rings (SSSR count). The van der Waals surface area contributed by atoms with Crippen LogP contribution in [0.5, 0.6) is 5.75 Å². The normalized spacial score (nSPS) is 11.1. The van der Waals surface area contributed by atoms with Crippen LogP contribution in [0.1, 0.15) is 12.0 Å². The average Bonchev–Trinajstić information content (AvgIpc) is 2.63. The van der Waals surface area contributed by atoms with Crippen LogP contribution in [0.15, 0.2) is 48.5 Å². The Morgan fingerprint density at radius 2 is 1.93 bits per heavy atom. The Labute approximate surface area is 165 Å². The highest BCUT2D eigenvalue weighted by molar-refractivity contribution is 7.92. The van der Waals surface area contributed by atoms with E-state index in [0.29, 0.717) is 29.4 Å². The number of amides is 1. The summed E-state index contributed by atoms with van der Waals surface area (Å²) >= 11 is 6.11. The van der Waals surface area contributed by atoms with Gasteiger partial charge in [-0.05, 0) is 36.6 Å². The smallest absolute Gasteiger partial charge is 0.240 e. The summed E-state index contributed by atoms with van der Waals surface area (Å²) in [7, 11) is -2.12. The van der Waals surface area contributed by atoms with Crippen LogP contribution in [0, 0.1) is 0 Å². The molecule has 0 atom stereocenters. The summed E-state index contributed by atoms with van der Waals surface area (Å²) in [4.78, 5) is 12.2. The number of aryl methyl sites for hydroxylation is 1. The Balaban J connectivity index is 1.93. The highest BCUT2D eigenvalue weighted by Crippen LogP contribution is 2.22. The Kier molecular flexibility index (Phi) is 7.50. The number of ether oxygens (including phenoxy) is 1. The Hall–Kier alpha value is -2.25. The number of carbonyl (C=O) groups excluding carboxylic acids is 1. The number of sulfonamides is 1. The van der Waals surface area contributed by atoms with E-state index < -0.39 is 10.0 Å². The van der Waals surface area contributed by atoms with Gasteiger partial charge in [0.05, 0.1) is 19.1 Å². The second-order valence-corrected chi connectivity index (χ2v) is 8.33. The predicted molar refractivity (Wildman–Crippen MR) is 108 cm³/mol. The molecule has 0 aromatic heterocycles. The number of nitrogens with one attached hydrogen (secondary N) is 1. The second kappa shape index (κ2) is 9.62. The highest BCUT2D eigenvalue weighted by atomic mass is 35.5. The molecule has 0 heterocycles. The van der Waals surface area contributed by atoms with Gasteiger partial charge in [-0.1, -0.05) is 35.9 Å². The summed E-state index contributed by atoms with van der Waals surface area (Å²) in [6, 6.07) is 14.1. The molecule has 6 nitrogen and oxygen atoms in total. The van der Waals surface area contributed by atoms with Crippen molar-refractivity contribution < 1.29 is 17.9 Å². The van der Waals surface area contributed by atoms with Crippen molar-refractivity contribution in [2.75, 3.05) is 30.8 Å². The largest absolute Gasteiger partial charge is 0.497 e. The third kappa shape index (κ3) is 6.45. The van der Waals surface area contributed by atoms with Crippen molar-refractivity contribution >= 4 is 33.2 Å². The third-order valence-corrected chi connectivity index (χ3v) is 5.44. The average molecular weight is 411 g/mol. The summed E-state index contributed by atoms with van der Waals surface area (Å²) in [6.45, 7) is 0.137. The lowest BCUT2D eigenvalue weighted by atomic mass is 10.1. The SMILES string of the molecule is COc1cccc(N(CC(=O)NCCCc2ccccc2Cl)S(C)(=O)=O)c1. The van der Waals surface area contributed by atoms with Crippen LogP contribution in [0.2, 0.25) is 5.02 Å². The summed E-state index contributed by atoms with van der Waals surface area (Å²) in [5, 5.41) is 3.45. The summed E-state index contributed by atoms with van der Waals surface area (Å²) in [5.41, 5.74) is 1.39. The van der Waals surface area contributed by atoms with Crippen molar-refractivity contribution in [3.63, 3.8) is 0 Å². The van der Waals surface area contributed by atoms with E-state index in [1.165, 1.54) is 7.11 Å². The zero-order valence-electron chi connectivity index (χ0n) is 15.3. The van der Waals surface area contributed by atoms with E-state index in [9.17, 15) is 13.2 Å². The van der Waals surface area contributed by atoms with E-state index in [4.69, 9.17) is 16.3 Å². The number of halogens is 1. The van der Waals surface area contributed by atoms with E-state index in [1.807, 2.05) is 24.3 Å². The topological polar surface area (TPSA) is 75.7 Å². The maximum Gasteiger partial charge on any atom is 0.240 e. The molecule has 2 aromatic rings. The van der Waals surface area contributed by atoms with Gasteiger partial charge in [-0.3, -0.25) is 9.10 Å². The van der Waals surface area contributed by atoms with Gasteiger partial charge in [0, 0.05) is 17.6 Å². The first kappa shape index (κ1) is 21.1. The minimum atomic E-state index is -3.62. The molecule has 0 aliphatic heterocycles. The van der Waals surface area contributed by atoms with E-state index in [1.54, 1.807) is 24.3 Å². The zero-order valence-corrected chi connectivity index (χ0v) is 16.9. The lowest BCUT2D eigenvalue weighted by molar-refractivity contribution is -0.119. The fraction of sp³-hybridized carbons (Fsp3) is 0.316. The molecular formula is C19H23ClN2O4S. The van der Waals surface area contributed by atoms with Gasteiger partial charge in [-0.2, -0.15) is 0 Å². The van der Waals surface area contributed by atoms with Gasteiger partial charge < -0.3 is 10.1 Å². The molecule has 1 N–H and O–H groups in total. The first-order chi connectivity index (χ1) is 12.8. The first-order valence-electron chi connectivity index (χ1n) is 8.43. The number of carbonyl (C=O) groups is 1. The zero-order chi connectivity index (χ0) is 19.9. The summed E-state index contributed by atoms with van der Waals surface area (Å²) in [5.74, 6) is 0.142. The number of methoxy groups -OCH3 is 1. The summed E-state index contributed by atoms with van der Waals surface area (Å²) < 4.78 is 30.4. The Morgan fingerprint density at radius 3 is 2.59 bits per heavy atom. The predicted octanol–water partition coefficient (Wildman–Crippen LogP) is 2.86. The molecule has 1 amide bonds. The second-order valence-electron chi connectivity index (χ2n) is 6.02. The van der Waals surface area contributed by atoms with Crippen molar-refractivity contribution in [1.82, 2.24) is 5.32 Å². The van der Waals surface area contributed by atoms with E-state index in [0.717, 1.165) is 22.5 Å². The minimum absolute atomic E-state index is 0.294. The van der Waals surface area contributed by atoms with Crippen LogP contribution < -0.4 is 14.4 Å². The van der Waals surface area contributed by atoms with Crippen LogP contribution in [-0.4, -0.2) is 40.8 Å². The molecule has 0 aliphatic carbocycles. The van der Waals surface area contributed by atoms with Crippen LogP contribution in [-0.2, 0) is 21.2 Å². The van der Waals surface area contributed by atoms with Gasteiger partial charge in [-0.25, -0.2) is 8.42 Å². The Bertz CT molecular complexity index is 887. The molecule has 0 saturated heterocycles. The maximum atomic E-state index is 12.2. The number of nitrogens with zero attached hydrogens (tertiary/aromatic N) is 1. The lowest BCUT2D eigenvalue weighted by Crippen LogP contribution is -2.40. The van der Waals surface area contributed by atoms with Crippen molar-refractivity contribution in [2.45, 2.75) is 12.8 Å². The number of hydrogen-bond donors (Lipinski definition) is 1. The standard InChI is InChI=1S/C19H23ClN2O4S/c1-26-17-10-5-9-16(13-17)22(27(2,24)25)14-19(23)21-12-6-8-15-7-3-4-11-18(15)20/h3-5,7,9-11,13H,6,8,12,14H2,1-2H3,(H,21,23). The molecule has 0 saturated carbocycles. The molecule has 146 valence electrons. The summed E-state index contributed by atoms with van der Waals surface area (Å²) in [6.07, 6.45) is 2.50. The number of benzene rings is 2. The molecule has 8 heteroatoms. The van der Waals surface area contributed by atoms with Gasteiger partial charge in [0.2, 0.25) is 15.9 Å². The van der Waals surface area contributed by atoms with Gasteiger partial charge in [0.25, 0.3) is 0 Å². The number of hydrogen-bond acceptors (Lipinski definition) is 4. The Morgan fingerprint density at radius 1 is 1.19 bits per heavy atom. The van der Waals surface area contributed by atoms with E-state index in [2.05, 4.69) is 5.32 Å². The van der Waals surface area contributed by atoms with E-state index in [-0.39, 0.29) is 12.5 Å². The molecular weight excluding hydrogens is 388 g/mol. The van der Waals surface area contributed by atoms with Crippen LogP contribution >= 0.6 is 11.6 Å². The van der Waals surface area contributed by atoms with Crippen LogP contribution in [0.3, 0.4) is 0 Å². The fourth-order valence-electron chi connectivity index (χ4n) is 2.56. The minimum Gasteiger partial charge on any atom is -0.497 e. The first-order valence-corrected chi connectivity index (χ1v) is 10.7. The molecule has 0 bridgehead atoms. The van der Waals surface area contributed by atoms with Crippen molar-refractivity contribution in [1.29, 1.82) is 0 Å². The monoisotopic (exact) mass is 410 g/mol. The van der Waals surface area contributed by atoms with Crippen LogP contribution in [0.4, 0.5) is 5.69 Å². The van der Waals surface area contributed by atoms with Gasteiger partial charge in [0.1, 0.15) is 12.3 Å². The lowest BCUT2D eigenvalue weighted by Gasteiger charge is -2.22. The quantitative estimate of drug-likeness (QED) is 0.645. The van der Waals surface area contributed by atoms with Crippen molar-refractivity contribution in [3.05, 3.63) is 59.1 Å². The maximum absolute atomic E-state index is 12.2. The molecule has 2 aromatic carbocycles. The van der Waals surface area contributed by atoms with Gasteiger partial charge in [-0.15, -0.1) is 0 Å². The van der Waals surface area contributed by atoms with Gasteiger partial charge >= 0.3 is 0 Å². The third-order valence-electron chi connectivity index (χ3n) is 3.93. The van der Waals surface area contributed by atoms with Crippen molar-refractivity contribution in [3.8, 4) is 5.75 Å². The number of anilines is 1. The molecule has 0 spiro atoms. The van der Waals surface area contributed by atoms with Crippen molar-refractivity contribution in [2.24, 2.45) is 0 Å². The fourth-order valence-corrected chi connectivity index (χ4v) is 3.64. The molecule has 27 heavy (non-hydrogen) atoms.